The van der Waals surface area contributed by atoms with Crippen LogP contribution < -0.4 is 16.0 Å². The zero-order valence-corrected chi connectivity index (χ0v) is 16.4. The first-order chi connectivity index (χ1) is 13.9. The molecule has 3 N–H and O–H groups in total. The van der Waals surface area contributed by atoms with Crippen molar-refractivity contribution in [2.24, 2.45) is 0 Å². The molecule has 0 radical (unpaired) electrons. The molecule has 2 aromatic carbocycles. The summed E-state index contributed by atoms with van der Waals surface area (Å²) in [6, 6.07) is 9.38. The van der Waals surface area contributed by atoms with Crippen LogP contribution in [0.2, 0.25) is 5.02 Å². The van der Waals surface area contributed by atoms with Crippen molar-refractivity contribution in [3.05, 3.63) is 70.2 Å². The van der Waals surface area contributed by atoms with Crippen molar-refractivity contribution in [2.75, 3.05) is 16.0 Å². The van der Waals surface area contributed by atoms with Crippen molar-refractivity contribution in [3.8, 4) is 0 Å². The van der Waals surface area contributed by atoms with Crippen LogP contribution in [0.3, 0.4) is 0 Å². The summed E-state index contributed by atoms with van der Waals surface area (Å²) >= 11 is 7.09. The summed E-state index contributed by atoms with van der Waals surface area (Å²) in [5.41, 5.74) is 1.33. The Hall–Kier alpha value is -3.04. The van der Waals surface area contributed by atoms with Gasteiger partial charge in [-0.15, -0.1) is 11.3 Å². The molecule has 1 aromatic heterocycles. The lowest BCUT2D eigenvalue weighted by molar-refractivity contribution is -0.116. The summed E-state index contributed by atoms with van der Waals surface area (Å²) in [6.45, 7) is 0. The van der Waals surface area contributed by atoms with Gasteiger partial charge in [-0.3, -0.25) is 10.1 Å². The first-order valence-electron chi connectivity index (χ1n) is 8.42. The fraction of sp³-hybridized carbons (Fsp3) is 0.105. The minimum atomic E-state index is -1.03. The molecule has 1 heterocycles. The average Bonchev–Trinajstić information content (AvgIpc) is 3.10. The molecule has 0 bridgehead atoms. The smallest absolute Gasteiger partial charge is 0.325 e. The number of hydrogen-bond acceptors (Lipinski definition) is 4. The second-order valence-electron chi connectivity index (χ2n) is 5.91. The molecule has 3 rings (SSSR count). The molecule has 0 aliphatic rings. The number of carbonyl (C=O) groups is 2. The molecule has 10 heteroatoms. The third kappa shape index (κ3) is 6.23. The first kappa shape index (κ1) is 20.7. The fourth-order valence-electron chi connectivity index (χ4n) is 2.34. The molecular weight excluding hydrogens is 422 g/mol. The van der Waals surface area contributed by atoms with Gasteiger partial charge >= 0.3 is 6.03 Å². The Kier molecular flexibility index (Phi) is 6.73. The number of carbonyl (C=O) groups excluding carboxylic acids is 2. The summed E-state index contributed by atoms with van der Waals surface area (Å²) in [7, 11) is 0. The van der Waals surface area contributed by atoms with Crippen LogP contribution in [0.5, 0.6) is 0 Å². The van der Waals surface area contributed by atoms with Gasteiger partial charge < -0.3 is 10.6 Å². The summed E-state index contributed by atoms with van der Waals surface area (Å²) in [4.78, 5) is 28.2. The summed E-state index contributed by atoms with van der Waals surface area (Å²) in [5.74, 6) is -2.38. The molecule has 0 spiro atoms. The number of aryl methyl sites for hydroxylation is 1. The third-order valence-electron chi connectivity index (χ3n) is 3.67. The van der Waals surface area contributed by atoms with E-state index in [9.17, 15) is 18.4 Å². The predicted molar refractivity (Wildman–Crippen MR) is 110 cm³/mol. The maximum absolute atomic E-state index is 13.2. The number of urea groups is 1. The van der Waals surface area contributed by atoms with E-state index in [2.05, 4.69) is 20.9 Å². The van der Waals surface area contributed by atoms with E-state index in [4.69, 9.17) is 11.6 Å². The normalized spacial score (nSPS) is 10.4. The van der Waals surface area contributed by atoms with E-state index in [0.29, 0.717) is 28.0 Å². The van der Waals surface area contributed by atoms with Crippen molar-refractivity contribution >= 4 is 51.4 Å². The molecule has 0 saturated carbocycles. The standard InChI is InChI=1S/C19H15ClF2N4O2S/c20-11-2-1-3-12(8-11)24-18(28)26-19-25-14(10-29-19)5-7-17(27)23-13-4-6-15(21)16(22)9-13/h1-4,6,8-10H,5,7H2,(H,23,27)(H2,24,25,26,28). The largest absolute Gasteiger partial charge is 0.326 e. The Bertz CT molecular complexity index is 1040. The Morgan fingerprint density at radius 2 is 1.79 bits per heavy atom. The topological polar surface area (TPSA) is 83.1 Å². The molecule has 0 saturated heterocycles. The Balaban J connectivity index is 1.47. The molecule has 0 aliphatic heterocycles. The number of nitrogens with zero attached hydrogens (tertiary/aromatic N) is 1. The first-order valence-corrected chi connectivity index (χ1v) is 9.68. The molecule has 0 atom stereocenters. The van der Waals surface area contributed by atoms with Gasteiger partial charge in [0, 0.05) is 34.3 Å². The lowest BCUT2D eigenvalue weighted by Crippen LogP contribution is -2.19. The second-order valence-corrected chi connectivity index (χ2v) is 7.21. The molecule has 150 valence electrons. The van der Waals surface area contributed by atoms with Gasteiger partial charge in [0.1, 0.15) is 0 Å². The molecule has 29 heavy (non-hydrogen) atoms. The molecule has 3 amide bonds. The highest BCUT2D eigenvalue weighted by atomic mass is 35.5. The maximum Gasteiger partial charge on any atom is 0.325 e. The van der Waals surface area contributed by atoms with E-state index in [0.717, 1.165) is 12.1 Å². The van der Waals surface area contributed by atoms with Gasteiger partial charge in [-0.2, -0.15) is 0 Å². The van der Waals surface area contributed by atoms with Crippen LogP contribution in [-0.4, -0.2) is 16.9 Å². The SMILES string of the molecule is O=C(CCc1csc(NC(=O)Nc2cccc(Cl)c2)n1)Nc1ccc(F)c(F)c1. The monoisotopic (exact) mass is 436 g/mol. The summed E-state index contributed by atoms with van der Waals surface area (Å²) in [6.07, 6.45) is 0.417. The second kappa shape index (κ2) is 9.44. The minimum absolute atomic E-state index is 0.0941. The van der Waals surface area contributed by atoms with E-state index >= 15 is 0 Å². The van der Waals surface area contributed by atoms with Gasteiger partial charge in [-0.1, -0.05) is 17.7 Å². The van der Waals surface area contributed by atoms with Crippen LogP contribution in [0.15, 0.2) is 47.8 Å². The Morgan fingerprint density at radius 3 is 2.55 bits per heavy atom. The van der Waals surface area contributed by atoms with Crippen molar-refractivity contribution < 1.29 is 18.4 Å². The predicted octanol–water partition coefficient (Wildman–Crippen LogP) is 5.29. The highest BCUT2D eigenvalue weighted by molar-refractivity contribution is 7.13. The van der Waals surface area contributed by atoms with Gasteiger partial charge in [0.25, 0.3) is 0 Å². The number of aromatic nitrogens is 1. The van der Waals surface area contributed by atoms with Gasteiger partial charge in [-0.25, -0.2) is 18.6 Å². The Labute approximate surface area is 173 Å². The zero-order valence-electron chi connectivity index (χ0n) is 14.8. The van der Waals surface area contributed by atoms with Gasteiger partial charge in [-0.05, 0) is 36.8 Å². The third-order valence-corrected chi connectivity index (χ3v) is 4.71. The zero-order chi connectivity index (χ0) is 20.8. The molecule has 3 aromatic rings. The lowest BCUT2D eigenvalue weighted by atomic mass is 10.2. The minimum Gasteiger partial charge on any atom is -0.326 e. The highest BCUT2D eigenvalue weighted by Crippen LogP contribution is 2.19. The highest BCUT2D eigenvalue weighted by Gasteiger charge is 2.10. The van der Waals surface area contributed by atoms with Crippen LogP contribution in [0, 0.1) is 11.6 Å². The van der Waals surface area contributed by atoms with Crippen molar-refractivity contribution in [3.63, 3.8) is 0 Å². The fourth-order valence-corrected chi connectivity index (χ4v) is 3.27. The van der Waals surface area contributed by atoms with Crippen molar-refractivity contribution in [1.82, 2.24) is 4.98 Å². The van der Waals surface area contributed by atoms with E-state index in [1.54, 1.807) is 29.6 Å². The maximum atomic E-state index is 13.2. The van der Waals surface area contributed by atoms with Gasteiger partial charge in [0.05, 0.1) is 5.69 Å². The number of anilines is 3. The molecule has 0 fully saturated rings. The van der Waals surface area contributed by atoms with Crippen LogP contribution in [0.1, 0.15) is 12.1 Å². The average molecular weight is 437 g/mol. The number of nitrogens with one attached hydrogen (secondary N) is 3. The van der Waals surface area contributed by atoms with Crippen LogP contribution in [0.4, 0.5) is 30.1 Å². The van der Waals surface area contributed by atoms with Crippen LogP contribution in [-0.2, 0) is 11.2 Å². The van der Waals surface area contributed by atoms with Crippen LogP contribution in [0.25, 0.3) is 0 Å². The van der Waals surface area contributed by atoms with E-state index in [1.165, 1.54) is 17.4 Å². The summed E-state index contributed by atoms with van der Waals surface area (Å²) in [5, 5.41) is 10.3. The van der Waals surface area contributed by atoms with E-state index < -0.39 is 17.7 Å². The van der Waals surface area contributed by atoms with Crippen molar-refractivity contribution in [1.29, 1.82) is 0 Å². The number of halogens is 3. The number of benzene rings is 2. The van der Waals surface area contributed by atoms with Crippen molar-refractivity contribution in [2.45, 2.75) is 12.8 Å². The van der Waals surface area contributed by atoms with E-state index in [1.807, 2.05) is 0 Å². The van der Waals surface area contributed by atoms with Gasteiger partial charge in [0.2, 0.25) is 5.91 Å². The number of hydrogen-bond donors (Lipinski definition) is 3. The molecule has 6 nitrogen and oxygen atoms in total. The summed E-state index contributed by atoms with van der Waals surface area (Å²) < 4.78 is 26.1. The molecule has 0 unspecified atom stereocenters. The number of amides is 3. The van der Waals surface area contributed by atoms with E-state index in [-0.39, 0.29) is 18.0 Å². The Morgan fingerprint density at radius 1 is 1.00 bits per heavy atom. The van der Waals surface area contributed by atoms with Gasteiger partial charge in [0.15, 0.2) is 16.8 Å². The molecular formula is C19H15ClF2N4O2S. The number of thiazole rings is 1. The quantitative estimate of drug-likeness (QED) is 0.491. The number of rotatable bonds is 6. The van der Waals surface area contributed by atoms with Crippen LogP contribution >= 0.6 is 22.9 Å². The lowest BCUT2D eigenvalue weighted by Gasteiger charge is -2.05. The molecule has 0 aliphatic carbocycles.